The first kappa shape index (κ1) is 16.7. The van der Waals surface area contributed by atoms with Crippen molar-refractivity contribution in [3.8, 4) is 6.07 Å². The van der Waals surface area contributed by atoms with Crippen molar-refractivity contribution in [3.63, 3.8) is 0 Å². The van der Waals surface area contributed by atoms with Crippen molar-refractivity contribution < 1.29 is 0 Å². The molecule has 0 atom stereocenters. The van der Waals surface area contributed by atoms with Crippen LogP contribution in [0.4, 0.5) is 17.3 Å². The largest absolute Gasteiger partial charge is 0.370 e. The topological polar surface area (TPSA) is 73.6 Å². The van der Waals surface area contributed by atoms with Gasteiger partial charge in [0.1, 0.15) is 18.0 Å². The summed E-state index contributed by atoms with van der Waals surface area (Å²) >= 11 is 5.99. The summed E-state index contributed by atoms with van der Waals surface area (Å²) in [6.07, 6.45) is 2.34. The highest BCUT2D eigenvalue weighted by Gasteiger charge is 2.01. The maximum absolute atomic E-state index is 8.96. The number of hydrogen-bond donors (Lipinski definition) is 2. The molecule has 1 aromatic heterocycles. The standard InChI is InChI=1S/C19H16ClN5/c20-16-5-1-3-14(9-16)7-8-22-18-11-19(24-13-23-18)25-17-6-2-4-15(10-17)12-21/h1-6,9-11,13H,7-8H2,(H2,22,23,24,25). The van der Waals surface area contributed by atoms with E-state index in [2.05, 4.69) is 26.7 Å². The van der Waals surface area contributed by atoms with Crippen LogP contribution in [-0.4, -0.2) is 16.5 Å². The third kappa shape index (κ3) is 4.93. The molecule has 1 heterocycles. The zero-order valence-electron chi connectivity index (χ0n) is 13.4. The summed E-state index contributed by atoms with van der Waals surface area (Å²) < 4.78 is 0. The number of hydrogen-bond acceptors (Lipinski definition) is 5. The number of rotatable bonds is 6. The highest BCUT2D eigenvalue weighted by atomic mass is 35.5. The Bertz CT molecular complexity index is 904. The Morgan fingerprint density at radius 2 is 1.84 bits per heavy atom. The third-order valence-electron chi connectivity index (χ3n) is 3.54. The molecule has 2 aromatic carbocycles. The Balaban J connectivity index is 1.60. The van der Waals surface area contributed by atoms with Gasteiger partial charge in [-0.3, -0.25) is 0 Å². The lowest BCUT2D eigenvalue weighted by Gasteiger charge is -2.09. The molecule has 0 aliphatic carbocycles. The van der Waals surface area contributed by atoms with Crippen LogP contribution in [0.3, 0.4) is 0 Å². The van der Waals surface area contributed by atoms with E-state index in [4.69, 9.17) is 16.9 Å². The van der Waals surface area contributed by atoms with Gasteiger partial charge in [0, 0.05) is 23.3 Å². The summed E-state index contributed by atoms with van der Waals surface area (Å²) in [6.45, 7) is 0.737. The average molecular weight is 350 g/mol. The van der Waals surface area contributed by atoms with E-state index in [1.807, 2.05) is 42.5 Å². The normalized spacial score (nSPS) is 10.1. The second-order valence-electron chi connectivity index (χ2n) is 5.41. The van der Waals surface area contributed by atoms with E-state index in [9.17, 15) is 0 Å². The molecule has 0 aliphatic heterocycles. The summed E-state index contributed by atoms with van der Waals surface area (Å²) in [5.74, 6) is 1.39. The number of nitriles is 1. The number of anilines is 3. The minimum Gasteiger partial charge on any atom is -0.370 e. The van der Waals surface area contributed by atoms with Crippen LogP contribution in [-0.2, 0) is 6.42 Å². The average Bonchev–Trinajstić information content (AvgIpc) is 2.62. The molecule has 0 spiro atoms. The molecule has 0 aliphatic rings. The molecule has 2 N–H and O–H groups in total. The second kappa shape index (κ2) is 8.13. The van der Waals surface area contributed by atoms with Gasteiger partial charge in [0.2, 0.25) is 0 Å². The van der Waals surface area contributed by atoms with Gasteiger partial charge in [0.25, 0.3) is 0 Å². The van der Waals surface area contributed by atoms with Crippen LogP contribution < -0.4 is 10.6 Å². The van der Waals surface area contributed by atoms with Gasteiger partial charge in [0.15, 0.2) is 0 Å². The van der Waals surface area contributed by atoms with Crippen molar-refractivity contribution in [2.75, 3.05) is 17.2 Å². The van der Waals surface area contributed by atoms with Crippen LogP contribution in [0.25, 0.3) is 0 Å². The fourth-order valence-corrected chi connectivity index (χ4v) is 2.58. The van der Waals surface area contributed by atoms with Crippen LogP contribution in [0.15, 0.2) is 60.9 Å². The molecular formula is C19H16ClN5. The van der Waals surface area contributed by atoms with Gasteiger partial charge in [-0.15, -0.1) is 0 Å². The molecule has 0 fully saturated rings. The minimum absolute atomic E-state index is 0.596. The Morgan fingerprint density at radius 3 is 2.68 bits per heavy atom. The molecular weight excluding hydrogens is 334 g/mol. The van der Waals surface area contributed by atoms with E-state index in [1.165, 1.54) is 11.9 Å². The van der Waals surface area contributed by atoms with Gasteiger partial charge in [-0.25, -0.2) is 9.97 Å². The lowest BCUT2D eigenvalue weighted by Crippen LogP contribution is -2.07. The molecule has 0 saturated heterocycles. The van der Waals surface area contributed by atoms with Crippen LogP contribution in [0, 0.1) is 11.3 Å². The molecule has 0 unspecified atom stereocenters. The summed E-state index contributed by atoms with van der Waals surface area (Å²) in [5.41, 5.74) is 2.57. The maximum atomic E-state index is 8.96. The lowest BCUT2D eigenvalue weighted by atomic mass is 10.1. The Labute approximate surface area is 151 Å². The van der Waals surface area contributed by atoms with E-state index in [-0.39, 0.29) is 0 Å². The van der Waals surface area contributed by atoms with Gasteiger partial charge >= 0.3 is 0 Å². The quantitative estimate of drug-likeness (QED) is 0.690. The maximum Gasteiger partial charge on any atom is 0.135 e. The van der Waals surface area contributed by atoms with E-state index in [0.29, 0.717) is 11.4 Å². The molecule has 0 bridgehead atoms. The molecule has 124 valence electrons. The number of benzene rings is 2. The minimum atomic E-state index is 0.596. The number of nitrogens with zero attached hydrogens (tertiary/aromatic N) is 3. The monoisotopic (exact) mass is 349 g/mol. The third-order valence-corrected chi connectivity index (χ3v) is 3.78. The van der Waals surface area contributed by atoms with E-state index in [0.717, 1.165) is 29.5 Å². The Hall–Kier alpha value is -3.10. The predicted molar refractivity (Wildman–Crippen MR) is 100 cm³/mol. The van der Waals surface area contributed by atoms with Crippen molar-refractivity contribution in [2.45, 2.75) is 6.42 Å². The molecule has 3 rings (SSSR count). The van der Waals surface area contributed by atoms with Crippen LogP contribution in [0.1, 0.15) is 11.1 Å². The molecule has 0 radical (unpaired) electrons. The first-order valence-corrected chi connectivity index (χ1v) is 8.18. The van der Waals surface area contributed by atoms with Gasteiger partial charge in [-0.2, -0.15) is 5.26 Å². The van der Waals surface area contributed by atoms with Gasteiger partial charge in [-0.1, -0.05) is 29.8 Å². The van der Waals surface area contributed by atoms with Crippen molar-refractivity contribution in [2.24, 2.45) is 0 Å². The molecule has 3 aromatic rings. The molecule has 25 heavy (non-hydrogen) atoms. The first-order valence-electron chi connectivity index (χ1n) is 7.80. The van der Waals surface area contributed by atoms with Crippen LogP contribution in [0.5, 0.6) is 0 Å². The van der Waals surface area contributed by atoms with Crippen molar-refractivity contribution >= 4 is 28.9 Å². The van der Waals surface area contributed by atoms with Crippen LogP contribution >= 0.6 is 11.6 Å². The molecule has 0 amide bonds. The van der Waals surface area contributed by atoms with E-state index >= 15 is 0 Å². The molecule has 0 saturated carbocycles. The number of halogens is 1. The fourth-order valence-electron chi connectivity index (χ4n) is 2.36. The highest BCUT2D eigenvalue weighted by molar-refractivity contribution is 6.30. The van der Waals surface area contributed by atoms with E-state index in [1.54, 1.807) is 12.1 Å². The first-order chi connectivity index (χ1) is 12.2. The van der Waals surface area contributed by atoms with Gasteiger partial charge in [0.05, 0.1) is 11.6 Å². The highest BCUT2D eigenvalue weighted by Crippen LogP contribution is 2.17. The fraction of sp³-hybridized carbons (Fsp3) is 0.105. The molecule has 6 heteroatoms. The van der Waals surface area contributed by atoms with Crippen molar-refractivity contribution in [3.05, 3.63) is 77.1 Å². The number of aromatic nitrogens is 2. The zero-order valence-corrected chi connectivity index (χ0v) is 14.2. The van der Waals surface area contributed by atoms with Crippen molar-refractivity contribution in [1.82, 2.24) is 9.97 Å². The Morgan fingerprint density at radius 1 is 1.00 bits per heavy atom. The molecule has 5 nitrogen and oxygen atoms in total. The number of nitrogens with one attached hydrogen (secondary N) is 2. The van der Waals surface area contributed by atoms with E-state index < -0.39 is 0 Å². The predicted octanol–water partition coefficient (Wildman–Crippen LogP) is 4.40. The summed E-state index contributed by atoms with van der Waals surface area (Å²) in [4.78, 5) is 8.43. The lowest BCUT2D eigenvalue weighted by molar-refractivity contribution is 1.000. The zero-order chi connectivity index (χ0) is 17.5. The van der Waals surface area contributed by atoms with Crippen molar-refractivity contribution in [1.29, 1.82) is 5.26 Å². The summed E-state index contributed by atoms with van der Waals surface area (Å²) in [7, 11) is 0. The second-order valence-corrected chi connectivity index (χ2v) is 5.85. The van der Waals surface area contributed by atoms with Gasteiger partial charge < -0.3 is 10.6 Å². The van der Waals surface area contributed by atoms with Crippen LogP contribution in [0.2, 0.25) is 5.02 Å². The SMILES string of the molecule is N#Cc1cccc(Nc2cc(NCCc3cccc(Cl)c3)ncn2)c1. The Kier molecular flexibility index (Phi) is 5.45. The smallest absolute Gasteiger partial charge is 0.135 e. The van der Waals surface area contributed by atoms with Gasteiger partial charge in [-0.05, 0) is 42.3 Å². The summed E-state index contributed by atoms with van der Waals surface area (Å²) in [5, 5.41) is 16.1. The summed E-state index contributed by atoms with van der Waals surface area (Å²) in [6, 6.07) is 19.0.